The number of hydrogen-bond acceptors (Lipinski definition) is 4. The number of rotatable bonds is 2. The molecule has 0 aliphatic carbocycles. The molecule has 1 N–H and O–H groups in total. The summed E-state index contributed by atoms with van der Waals surface area (Å²) in [6.07, 6.45) is 1.77. The molecule has 2 aromatic rings. The first-order valence-corrected chi connectivity index (χ1v) is 5.50. The molecule has 0 aliphatic rings. The van der Waals surface area contributed by atoms with Crippen LogP contribution in [0.25, 0.3) is 5.82 Å². The Bertz CT molecular complexity index is 591. The zero-order valence-corrected chi connectivity index (χ0v) is 10.7. The Morgan fingerprint density at radius 1 is 1.33 bits per heavy atom. The van der Waals surface area contributed by atoms with E-state index >= 15 is 0 Å². The van der Waals surface area contributed by atoms with Crippen LogP contribution in [0.5, 0.6) is 0 Å². The highest BCUT2D eigenvalue weighted by atomic mass is 16.4. The van der Waals surface area contributed by atoms with Crippen molar-refractivity contribution in [2.45, 2.75) is 26.2 Å². The summed E-state index contributed by atoms with van der Waals surface area (Å²) < 4.78 is 3.10. The van der Waals surface area contributed by atoms with Gasteiger partial charge in [0.25, 0.3) is 5.82 Å². The predicted octanol–water partition coefficient (Wildman–Crippen LogP) is 0.996. The van der Waals surface area contributed by atoms with Crippen LogP contribution in [0, 0.1) is 0 Å². The monoisotopic (exact) mass is 249 g/mol. The summed E-state index contributed by atoms with van der Waals surface area (Å²) in [5.74, 6) is -0.234. The van der Waals surface area contributed by atoms with Gasteiger partial charge in [-0.3, -0.25) is 4.68 Å². The smallest absolute Gasteiger partial charge is 0.375 e. The number of carbonyl (C=O) groups is 1. The number of nitrogens with zero attached hydrogens (tertiary/aromatic N) is 5. The Labute approximate surface area is 104 Å². The van der Waals surface area contributed by atoms with E-state index in [1.54, 1.807) is 24.0 Å². The number of carboxylic acids is 1. The van der Waals surface area contributed by atoms with E-state index in [1.165, 1.54) is 4.68 Å². The van der Waals surface area contributed by atoms with Crippen LogP contribution in [-0.2, 0) is 12.5 Å². The number of aromatic nitrogens is 5. The maximum Gasteiger partial charge on any atom is 0.375 e. The Morgan fingerprint density at radius 3 is 2.44 bits per heavy atom. The molecule has 0 atom stereocenters. The van der Waals surface area contributed by atoms with Crippen molar-refractivity contribution in [3.05, 3.63) is 23.9 Å². The van der Waals surface area contributed by atoms with Crippen molar-refractivity contribution in [1.29, 1.82) is 0 Å². The molecule has 0 saturated heterocycles. The first-order valence-electron chi connectivity index (χ1n) is 5.50. The summed E-state index contributed by atoms with van der Waals surface area (Å²) in [6.45, 7) is 5.84. The van der Waals surface area contributed by atoms with Crippen LogP contribution in [0.4, 0.5) is 0 Å². The van der Waals surface area contributed by atoms with Crippen LogP contribution < -0.4 is 0 Å². The molecule has 0 fully saturated rings. The van der Waals surface area contributed by atoms with E-state index in [0.29, 0.717) is 11.6 Å². The van der Waals surface area contributed by atoms with Gasteiger partial charge in [-0.1, -0.05) is 20.8 Å². The van der Waals surface area contributed by atoms with E-state index in [0.717, 1.165) is 0 Å². The summed E-state index contributed by atoms with van der Waals surface area (Å²) in [5, 5.41) is 17.2. The van der Waals surface area contributed by atoms with Gasteiger partial charge in [-0.05, 0) is 0 Å². The maximum atomic E-state index is 11.0. The molecule has 0 saturated carbocycles. The Balaban J connectivity index is 2.61. The van der Waals surface area contributed by atoms with Crippen molar-refractivity contribution in [2.75, 3.05) is 0 Å². The van der Waals surface area contributed by atoms with Crippen LogP contribution in [0.1, 0.15) is 37.2 Å². The van der Waals surface area contributed by atoms with Gasteiger partial charge in [-0.2, -0.15) is 9.78 Å². The summed E-state index contributed by atoms with van der Waals surface area (Å²) in [5.41, 5.74) is -0.321. The average molecular weight is 249 g/mol. The fourth-order valence-corrected chi connectivity index (χ4v) is 1.56. The largest absolute Gasteiger partial charge is 0.475 e. The van der Waals surface area contributed by atoms with Gasteiger partial charge in [0.05, 0.1) is 0 Å². The van der Waals surface area contributed by atoms with E-state index in [4.69, 9.17) is 5.11 Å². The van der Waals surface area contributed by atoms with Gasteiger partial charge in [-0.25, -0.2) is 9.78 Å². The van der Waals surface area contributed by atoms with Crippen molar-refractivity contribution in [1.82, 2.24) is 24.5 Å². The SMILES string of the molecule is Cn1ccc(-n2nc(C(=O)O)nc2C(C)(C)C)n1. The lowest BCUT2D eigenvalue weighted by molar-refractivity contribution is 0.0683. The lowest BCUT2D eigenvalue weighted by atomic mass is 9.96. The lowest BCUT2D eigenvalue weighted by Gasteiger charge is -2.16. The molecule has 0 spiro atoms. The summed E-state index contributed by atoms with van der Waals surface area (Å²) in [7, 11) is 1.79. The van der Waals surface area contributed by atoms with E-state index in [2.05, 4.69) is 15.2 Å². The fourth-order valence-electron chi connectivity index (χ4n) is 1.56. The van der Waals surface area contributed by atoms with Crippen LogP contribution in [-0.4, -0.2) is 35.6 Å². The van der Waals surface area contributed by atoms with Gasteiger partial charge >= 0.3 is 5.97 Å². The first-order chi connectivity index (χ1) is 8.29. The number of carboxylic acid groups (broad SMARTS) is 1. The van der Waals surface area contributed by atoms with Gasteiger partial charge in [0.1, 0.15) is 5.82 Å². The molecular formula is C11H15N5O2. The highest BCUT2D eigenvalue weighted by molar-refractivity contribution is 5.83. The molecule has 0 amide bonds. The molecule has 96 valence electrons. The summed E-state index contributed by atoms with van der Waals surface area (Å²) >= 11 is 0. The minimum atomic E-state index is -1.14. The fraction of sp³-hybridized carbons (Fsp3) is 0.455. The Kier molecular flexibility index (Phi) is 2.68. The Hall–Kier alpha value is -2.18. The zero-order chi connectivity index (χ0) is 13.5. The van der Waals surface area contributed by atoms with Gasteiger partial charge in [0.15, 0.2) is 5.82 Å². The van der Waals surface area contributed by atoms with Gasteiger partial charge < -0.3 is 5.11 Å². The van der Waals surface area contributed by atoms with Crippen molar-refractivity contribution < 1.29 is 9.90 Å². The molecule has 7 nitrogen and oxygen atoms in total. The molecular weight excluding hydrogens is 234 g/mol. The number of aryl methyl sites for hydroxylation is 1. The molecule has 2 aromatic heterocycles. The third kappa shape index (κ3) is 2.11. The maximum absolute atomic E-state index is 11.0. The van der Waals surface area contributed by atoms with E-state index in [9.17, 15) is 4.79 Å². The molecule has 2 heterocycles. The van der Waals surface area contributed by atoms with E-state index in [1.807, 2.05) is 20.8 Å². The van der Waals surface area contributed by atoms with Crippen molar-refractivity contribution in [2.24, 2.45) is 7.05 Å². The molecule has 7 heteroatoms. The molecule has 0 bridgehead atoms. The van der Waals surface area contributed by atoms with Crippen LogP contribution in [0.3, 0.4) is 0 Å². The molecule has 0 aromatic carbocycles. The zero-order valence-electron chi connectivity index (χ0n) is 10.7. The number of hydrogen-bond donors (Lipinski definition) is 1. The average Bonchev–Trinajstić information content (AvgIpc) is 2.81. The van der Waals surface area contributed by atoms with Crippen LogP contribution in [0.15, 0.2) is 12.3 Å². The van der Waals surface area contributed by atoms with Gasteiger partial charge in [-0.15, -0.1) is 5.10 Å². The van der Waals surface area contributed by atoms with E-state index < -0.39 is 5.97 Å². The molecule has 0 radical (unpaired) electrons. The highest BCUT2D eigenvalue weighted by Gasteiger charge is 2.26. The van der Waals surface area contributed by atoms with Gasteiger partial charge in [0.2, 0.25) is 0 Å². The highest BCUT2D eigenvalue weighted by Crippen LogP contribution is 2.22. The normalized spacial score (nSPS) is 11.8. The second-order valence-corrected chi connectivity index (χ2v) is 5.07. The third-order valence-corrected chi connectivity index (χ3v) is 2.39. The van der Waals surface area contributed by atoms with Crippen LogP contribution >= 0.6 is 0 Å². The quantitative estimate of drug-likeness (QED) is 0.858. The van der Waals surface area contributed by atoms with Crippen molar-refractivity contribution >= 4 is 5.97 Å². The topological polar surface area (TPSA) is 85.8 Å². The molecule has 0 unspecified atom stereocenters. The second kappa shape index (κ2) is 3.94. The lowest BCUT2D eigenvalue weighted by Crippen LogP contribution is -2.19. The van der Waals surface area contributed by atoms with Crippen LogP contribution in [0.2, 0.25) is 0 Å². The van der Waals surface area contributed by atoms with E-state index in [-0.39, 0.29) is 11.2 Å². The van der Waals surface area contributed by atoms with Crippen molar-refractivity contribution in [3.8, 4) is 5.82 Å². The molecule has 18 heavy (non-hydrogen) atoms. The standard InChI is InChI=1S/C11H15N5O2/c1-11(2,3)10-12-8(9(17)18)14-16(10)7-5-6-15(4)13-7/h5-6H,1-4H3,(H,17,18). The predicted molar refractivity (Wildman–Crippen MR) is 63.8 cm³/mol. The molecule has 2 rings (SSSR count). The third-order valence-electron chi connectivity index (χ3n) is 2.39. The number of aromatic carboxylic acids is 1. The van der Waals surface area contributed by atoms with Crippen molar-refractivity contribution in [3.63, 3.8) is 0 Å². The Morgan fingerprint density at radius 2 is 2.00 bits per heavy atom. The minimum Gasteiger partial charge on any atom is -0.475 e. The second-order valence-electron chi connectivity index (χ2n) is 5.07. The summed E-state index contributed by atoms with van der Waals surface area (Å²) in [6, 6.07) is 1.76. The summed E-state index contributed by atoms with van der Waals surface area (Å²) in [4.78, 5) is 15.0. The first kappa shape index (κ1) is 12.3. The van der Waals surface area contributed by atoms with Gasteiger partial charge in [0, 0.05) is 24.7 Å². The minimum absolute atomic E-state index is 0.217. The molecule has 0 aliphatic heterocycles.